The molecule has 0 aliphatic carbocycles. The SMILES string of the molecule is CCOC(=O)C1=C(C)N(CC)C(=S)NC1c1ccc(NC(=O)Nc2ccc(C)cc2C)cc1. The Kier molecular flexibility index (Phi) is 7.71. The molecule has 33 heavy (non-hydrogen) atoms. The highest BCUT2D eigenvalue weighted by Crippen LogP contribution is 2.32. The van der Waals surface area contributed by atoms with E-state index in [1.807, 2.05) is 62.9 Å². The van der Waals surface area contributed by atoms with Crippen molar-refractivity contribution in [3.05, 3.63) is 70.4 Å². The first-order chi connectivity index (χ1) is 15.7. The number of hydrogen-bond donors (Lipinski definition) is 3. The molecule has 2 amide bonds. The third kappa shape index (κ3) is 5.51. The van der Waals surface area contributed by atoms with Crippen molar-refractivity contribution in [2.75, 3.05) is 23.8 Å². The van der Waals surface area contributed by atoms with E-state index in [0.717, 1.165) is 28.1 Å². The summed E-state index contributed by atoms with van der Waals surface area (Å²) in [6.07, 6.45) is 0. The Balaban J connectivity index is 1.78. The summed E-state index contributed by atoms with van der Waals surface area (Å²) >= 11 is 5.51. The number of carbonyl (C=O) groups excluding carboxylic acids is 2. The molecule has 3 N–H and O–H groups in total. The number of urea groups is 1. The van der Waals surface area contributed by atoms with Crippen LogP contribution in [0.25, 0.3) is 0 Å². The van der Waals surface area contributed by atoms with Gasteiger partial charge in [0.2, 0.25) is 0 Å². The second kappa shape index (κ2) is 10.5. The zero-order valence-corrected chi connectivity index (χ0v) is 20.4. The number of benzene rings is 2. The van der Waals surface area contributed by atoms with E-state index in [4.69, 9.17) is 17.0 Å². The van der Waals surface area contributed by atoms with Gasteiger partial charge in [-0.15, -0.1) is 0 Å². The number of nitrogens with zero attached hydrogens (tertiary/aromatic N) is 1. The van der Waals surface area contributed by atoms with Gasteiger partial charge in [0.25, 0.3) is 0 Å². The number of nitrogens with one attached hydrogen (secondary N) is 3. The van der Waals surface area contributed by atoms with Crippen molar-refractivity contribution in [1.29, 1.82) is 0 Å². The predicted octanol–water partition coefficient (Wildman–Crippen LogP) is 5.04. The van der Waals surface area contributed by atoms with Crippen LogP contribution in [0.3, 0.4) is 0 Å². The van der Waals surface area contributed by atoms with E-state index < -0.39 is 6.04 Å². The van der Waals surface area contributed by atoms with Gasteiger partial charge in [0, 0.05) is 23.6 Å². The normalized spacial score (nSPS) is 15.7. The Hall–Kier alpha value is -3.39. The van der Waals surface area contributed by atoms with E-state index in [0.29, 0.717) is 22.9 Å². The molecule has 8 heteroatoms. The quantitative estimate of drug-likeness (QED) is 0.409. The predicted molar refractivity (Wildman–Crippen MR) is 135 cm³/mol. The highest BCUT2D eigenvalue weighted by molar-refractivity contribution is 7.80. The summed E-state index contributed by atoms with van der Waals surface area (Å²) in [5.74, 6) is -0.372. The molecule has 174 valence electrons. The van der Waals surface area contributed by atoms with E-state index in [1.54, 1.807) is 19.1 Å². The van der Waals surface area contributed by atoms with Crippen molar-refractivity contribution in [3.8, 4) is 0 Å². The molecule has 0 radical (unpaired) electrons. The zero-order valence-electron chi connectivity index (χ0n) is 19.6. The molecule has 1 heterocycles. The fraction of sp³-hybridized carbons (Fsp3) is 0.320. The van der Waals surface area contributed by atoms with Crippen LogP contribution >= 0.6 is 12.2 Å². The van der Waals surface area contributed by atoms with Crippen molar-refractivity contribution in [2.24, 2.45) is 0 Å². The van der Waals surface area contributed by atoms with Crippen LogP contribution in [-0.4, -0.2) is 35.2 Å². The van der Waals surface area contributed by atoms with Gasteiger partial charge >= 0.3 is 12.0 Å². The first-order valence-corrected chi connectivity index (χ1v) is 11.4. The smallest absolute Gasteiger partial charge is 0.338 e. The lowest BCUT2D eigenvalue weighted by Gasteiger charge is -2.37. The number of carbonyl (C=O) groups is 2. The van der Waals surface area contributed by atoms with Crippen molar-refractivity contribution < 1.29 is 14.3 Å². The maximum Gasteiger partial charge on any atom is 0.338 e. The van der Waals surface area contributed by atoms with Crippen LogP contribution in [0, 0.1) is 13.8 Å². The van der Waals surface area contributed by atoms with Crippen molar-refractivity contribution in [3.63, 3.8) is 0 Å². The largest absolute Gasteiger partial charge is 0.463 e. The second-order valence-corrected chi connectivity index (χ2v) is 8.25. The lowest BCUT2D eigenvalue weighted by atomic mass is 9.95. The number of amides is 2. The third-order valence-corrected chi connectivity index (χ3v) is 5.88. The van der Waals surface area contributed by atoms with Crippen LogP contribution in [0.4, 0.5) is 16.2 Å². The highest BCUT2D eigenvalue weighted by Gasteiger charge is 2.34. The summed E-state index contributed by atoms with van der Waals surface area (Å²) in [7, 11) is 0. The van der Waals surface area contributed by atoms with Crippen LogP contribution in [0.1, 0.15) is 43.5 Å². The standard InChI is InChI=1S/C25H30N4O3S/c1-6-29-17(5)21(23(30)32-7-2)22(28-25(29)33)18-9-11-19(12-10-18)26-24(31)27-20-13-8-15(3)14-16(20)4/h8-14,22H,6-7H2,1-5H3,(H,28,33)(H2,26,27,31). The third-order valence-electron chi connectivity index (χ3n) is 5.54. The molecule has 0 bridgehead atoms. The first kappa shape index (κ1) is 24.3. The summed E-state index contributed by atoms with van der Waals surface area (Å²) < 4.78 is 5.31. The number of aryl methyl sites for hydroxylation is 2. The highest BCUT2D eigenvalue weighted by atomic mass is 32.1. The van der Waals surface area contributed by atoms with Gasteiger partial charge in [0.05, 0.1) is 18.2 Å². The van der Waals surface area contributed by atoms with Crippen LogP contribution < -0.4 is 16.0 Å². The minimum absolute atomic E-state index is 0.289. The number of thiocarbonyl (C=S) groups is 1. The van der Waals surface area contributed by atoms with E-state index >= 15 is 0 Å². The van der Waals surface area contributed by atoms with Gasteiger partial charge in [-0.2, -0.15) is 0 Å². The lowest BCUT2D eigenvalue weighted by molar-refractivity contribution is -0.139. The number of anilines is 2. The molecule has 0 saturated carbocycles. The van der Waals surface area contributed by atoms with Crippen LogP contribution in [-0.2, 0) is 9.53 Å². The van der Waals surface area contributed by atoms with Crippen LogP contribution in [0.5, 0.6) is 0 Å². The summed E-state index contributed by atoms with van der Waals surface area (Å²) in [4.78, 5) is 27.1. The number of rotatable bonds is 6. The maximum absolute atomic E-state index is 12.7. The average molecular weight is 467 g/mol. The fourth-order valence-corrected chi connectivity index (χ4v) is 4.27. The Bertz CT molecular complexity index is 1100. The van der Waals surface area contributed by atoms with Gasteiger partial charge in [-0.25, -0.2) is 9.59 Å². The van der Waals surface area contributed by atoms with Crippen molar-refractivity contribution in [2.45, 2.75) is 40.7 Å². The Morgan fingerprint density at radius 1 is 1.06 bits per heavy atom. The molecular formula is C25H30N4O3S. The fourth-order valence-electron chi connectivity index (χ4n) is 3.88. The Morgan fingerprint density at radius 3 is 2.36 bits per heavy atom. The van der Waals surface area contributed by atoms with Crippen LogP contribution in [0.15, 0.2) is 53.7 Å². The maximum atomic E-state index is 12.7. The van der Waals surface area contributed by atoms with Gasteiger partial charge in [-0.3, -0.25) is 0 Å². The first-order valence-electron chi connectivity index (χ1n) is 11.0. The minimum atomic E-state index is -0.433. The molecule has 1 atom stereocenters. The molecule has 0 aromatic heterocycles. The molecule has 0 spiro atoms. The van der Waals surface area contributed by atoms with E-state index in [-0.39, 0.29) is 18.6 Å². The molecule has 7 nitrogen and oxygen atoms in total. The lowest BCUT2D eigenvalue weighted by Crippen LogP contribution is -2.47. The summed E-state index contributed by atoms with van der Waals surface area (Å²) in [6.45, 7) is 10.5. The molecule has 2 aromatic rings. The van der Waals surface area contributed by atoms with Gasteiger partial charge < -0.3 is 25.6 Å². The molecule has 1 aliphatic heterocycles. The number of hydrogen-bond acceptors (Lipinski definition) is 4. The van der Waals surface area contributed by atoms with Gasteiger partial charge in [-0.05, 0) is 76.2 Å². The van der Waals surface area contributed by atoms with Crippen molar-refractivity contribution in [1.82, 2.24) is 10.2 Å². The molecule has 0 saturated heterocycles. The number of ether oxygens (including phenoxy) is 1. The molecule has 0 fully saturated rings. The topological polar surface area (TPSA) is 82.7 Å². The van der Waals surface area contributed by atoms with Gasteiger partial charge in [0.15, 0.2) is 5.11 Å². The Morgan fingerprint density at radius 2 is 1.76 bits per heavy atom. The monoisotopic (exact) mass is 466 g/mol. The minimum Gasteiger partial charge on any atom is -0.463 e. The molecule has 1 aliphatic rings. The van der Waals surface area contributed by atoms with E-state index in [2.05, 4.69) is 16.0 Å². The zero-order chi connectivity index (χ0) is 24.1. The van der Waals surface area contributed by atoms with E-state index in [9.17, 15) is 9.59 Å². The summed E-state index contributed by atoms with van der Waals surface area (Å²) in [5.41, 5.74) is 5.67. The van der Waals surface area contributed by atoms with Gasteiger partial charge in [-0.1, -0.05) is 29.8 Å². The molecular weight excluding hydrogens is 436 g/mol. The number of allylic oxidation sites excluding steroid dienone is 1. The second-order valence-electron chi connectivity index (χ2n) is 7.87. The summed E-state index contributed by atoms with van der Waals surface area (Å²) in [6, 6.07) is 12.4. The molecule has 2 aromatic carbocycles. The Labute approximate surface area is 200 Å². The van der Waals surface area contributed by atoms with Gasteiger partial charge in [0.1, 0.15) is 0 Å². The molecule has 1 unspecified atom stereocenters. The van der Waals surface area contributed by atoms with Crippen LogP contribution in [0.2, 0.25) is 0 Å². The molecule has 3 rings (SSSR count). The van der Waals surface area contributed by atoms with Crippen molar-refractivity contribution >= 4 is 40.7 Å². The number of esters is 1. The summed E-state index contributed by atoms with van der Waals surface area (Å²) in [5, 5.41) is 9.53. The van der Waals surface area contributed by atoms with E-state index in [1.165, 1.54) is 0 Å². The average Bonchev–Trinajstić information content (AvgIpc) is 2.76.